The molecule has 13 heteroatoms. The van der Waals surface area contributed by atoms with Crippen molar-refractivity contribution in [2.45, 2.75) is 19.9 Å². The van der Waals surface area contributed by atoms with Gasteiger partial charge < -0.3 is 20.7 Å². The lowest BCUT2D eigenvalue weighted by Crippen LogP contribution is -2.44. The smallest absolute Gasteiger partial charge is 0.335 e. The monoisotopic (exact) mass is 629 g/mol. The van der Waals surface area contributed by atoms with E-state index in [4.69, 9.17) is 10.5 Å². The predicted molar refractivity (Wildman–Crippen MR) is 171 cm³/mol. The molecule has 238 valence electrons. The number of nitrogens with one attached hydrogen (secondary N) is 1. The van der Waals surface area contributed by atoms with Crippen LogP contribution in [0, 0.1) is 23.5 Å². The third-order valence-corrected chi connectivity index (χ3v) is 7.46. The van der Waals surface area contributed by atoms with E-state index in [2.05, 4.69) is 39.0 Å². The highest BCUT2D eigenvalue weighted by Gasteiger charge is 2.21. The molecule has 11 nitrogen and oxygen atoms in total. The molecule has 1 saturated heterocycles. The Bertz CT molecular complexity index is 1940. The number of nitrogens with zero attached hydrogens (tertiary/aromatic N) is 5. The average molecular weight is 630 g/mol. The van der Waals surface area contributed by atoms with Crippen LogP contribution in [0.15, 0.2) is 70.5 Å². The molecule has 0 aliphatic carbocycles. The summed E-state index contributed by atoms with van der Waals surface area (Å²) in [7, 11) is 2.08. The minimum atomic E-state index is -0.914. The number of halogens is 2. The van der Waals surface area contributed by atoms with Gasteiger partial charge in [0.2, 0.25) is 0 Å². The maximum atomic E-state index is 15.3. The van der Waals surface area contributed by atoms with Gasteiger partial charge in [0, 0.05) is 62.4 Å². The molecule has 3 N–H and O–H groups in total. The van der Waals surface area contributed by atoms with Gasteiger partial charge in [0.25, 0.3) is 11.5 Å². The molecular formula is C33H33F2N7O4. The number of carbonyl (C=O) groups excluding carboxylic acids is 1. The molecule has 4 aromatic rings. The van der Waals surface area contributed by atoms with Crippen LogP contribution in [0.3, 0.4) is 0 Å². The van der Waals surface area contributed by atoms with Crippen molar-refractivity contribution in [1.29, 1.82) is 0 Å². The molecule has 0 radical (unpaired) electrons. The van der Waals surface area contributed by atoms with E-state index in [9.17, 15) is 18.8 Å². The Morgan fingerprint density at radius 3 is 2.43 bits per heavy atom. The van der Waals surface area contributed by atoms with Gasteiger partial charge >= 0.3 is 5.69 Å². The van der Waals surface area contributed by atoms with Crippen molar-refractivity contribution >= 4 is 17.4 Å². The fourth-order valence-corrected chi connectivity index (χ4v) is 4.81. The maximum absolute atomic E-state index is 15.3. The minimum Gasteiger partial charge on any atom is -0.453 e. The first kappa shape index (κ1) is 32.1. The van der Waals surface area contributed by atoms with Crippen molar-refractivity contribution in [2.24, 2.45) is 0 Å². The Labute approximate surface area is 263 Å². The molecule has 0 bridgehead atoms. The second-order valence-electron chi connectivity index (χ2n) is 11.1. The van der Waals surface area contributed by atoms with Gasteiger partial charge in [0.05, 0.1) is 12.2 Å². The van der Waals surface area contributed by atoms with Crippen LogP contribution < -0.4 is 27.0 Å². The fraction of sp³-hybridized carbons (Fsp3) is 0.273. The second-order valence-corrected chi connectivity index (χ2v) is 11.1. The number of hydrogen-bond acceptors (Lipinski definition) is 8. The SMILES string of the molecule is CC(C)n1cc(C(=O)Nc2ccc(Oc3ccnc(N)c3C#CCN3CCN(C)CC3)c(F)c2)c(=O)n(-c2ccc(F)cc2)c1=O. The summed E-state index contributed by atoms with van der Waals surface area (Å²) < 4.78 is 36.6. The molecule has 0 unspecified atom stereocenters. The van der Waals surface area contributed by atoms with E-state index in [0.29, 0.717) is 12.1 Å². The van der Waals surface area contributed by atoms with E-state index in [1.165, 1.54) is 41.1 Å². The molecule has 1 aliphatic heterocycles. The van der Waals surface area contributed by atoms with Gasteiger partial charge in [-0.25, -0.2) is 23.1 Å². The van der Waals surface area contributed by atoms with Gasteiger partial charge in [-0.1, -0.05) is 11.8 Å². The highest BCUT2D eigenvalue weighted by molar-refractivity contribution is 6.03. The Balaban J connectivity index is 1.36. The number of rotatable bonds is 7. The largest absolute Gasteiger partial charge is 0.453 e. The van der Waals surface area contributed by atoms with Crippen LogP contribution in [0.5, 0.6) is 11.5 Å². The topological polar surface area (TPSA) is 128 Å². The van der Waals surface area contributed by atoms with Crippen LogP contribution in [0.1, 0.15) is 35.8 Å². The molecule has 0 saturated carbocycles. The Kier molecular flexibility index (Phi) is 9.60. The normalized spacial score (nSPS) is 13.7. The molecule has 0 atom stereocenters. The third kappa shape index (κ3) is 7.14. The molecule has 2 aromatic carbocycles. The van der Waals surface area contributed by atoms with E-state index < -0.39 is 34.8 Å². The molecule has 5 rings (SSSR count). The summed E-state index contributed by atoms with van der Waals surface area (Å²) in [6.07, 6.45) is 2.58. The van der Waals surface area contributed by atoms with E-state index >= 15 is 4.39 Å². The van der Waals surface area contributed by atoms with Crippen LogP contribution in [-0.2, 0) is 0 Å². The number of carbonyl (C=O) groups is 1. The molecule has 1 fully saturated rings. The number of aromatic nitrogens is 3. The number of benzene rings is 2. The minimum absolute atomic E-state index is 0.0336. The Hall–Kier alpha value is -5.32. The highest BCUT2D eigenvalue weighted by Crippen LogP contribution is 2.30. The molecule has 1 aliphatic rings. The summed E-state index contributed by atoms with van der Waals surface area (Å²) in [4.78, 5) is 48.2. The van der Waals surface area contributed by atoms with Crippen LogP contribution in [0.4, 0.5) is 20.3 Å². The number of amides is 1. The lowest BCUT2D eigenvalue weighted by molar-refractivity contribution is 0.102. The highest BCUT2D eigenvalue weighted by atomic mass is 19.1. The fourth-order valence-electron chi connectivity index (χ4n) is 4.81. The summed E-state index contributed by atoms with van der Waals surface area (Å²) in [6.45, 7) is 7.66. The van der Waals surface area contributed by atoms with Gasteiger partial charge in [-0.2, -0.15) is 0 Å². The predicted octanol–water partition coefficient (Wildman–Crippen LogP) is 3.48. The molecule has 2 aromatic heterocycles. The molecular weight excluding hydrogens is 596 g/mol. The molecule has 46 heavy (non-hydrogen) atoms. The van der Waals surface area contributed by atoms with Gasteiger partial charge in [-0.3, -0.25) is 19.1 Å². The summed E-state index contributed by atoms with van der Waals surface area (Å²) >= 11 is 0. The first-order valence-electron chi connectivity index (χ1n) is 14.6. The molecule has 1 amide bonds. The van der Waals surface area contributed by atoms with Crippen molar-refractivity contribution in [1.82, 2.24) is 23.9 Å². The standard InChI is InChI=1S/C33H33F2N7O4/c1-21(2)41-20-26(32(44)42(33(41)45)24-9-6-22(34)7-10-24)31(43)38-23-8-11-29(27(35)19-23)46-28-12-13-37-30(36)25(28)5-4-14-40-17-15-39(3)16-18-40/h6-13,19-21H,14-18H2,1-3H3,(H2,36,37)(H,38,43). The Morgan fingerprint density at radius 1 is 1.04 bits per heavy atom. The van der Waals surface area contributed by atoms with Crippen LogP contribution in [0.2, 0.25) is 0 Å². The van der Waals surface area contributed by atoms with Crippen molar-refractivity contribution in [3.63, 3.8) is 0 Å². The number of ether oxygens (including phenoxy) is 1. The lowest BCUT2D eigenvalue weighted by atomic mass is 10.2. The number of likely N-dealkylation sites (N-methyl/N-ethyl adjacent to an activating group) is 1. The quantitative estimate of drug-likeness (QED) is 0.298. The second kappa shape index (κ2) is 13.8. The van der Waals surface area contributed by atoms with E-state index in [1.807, 2.05) is 0 Å². The van der Waals surface area contributed by atoms with Crippen LogP contribution >= 0.6 is 0 Å². The summed E-state index contributed by atoms with van der Waals surface area (Å²) in [6, 6.07) is 9.59. The Morgan fingerprint density at radius 2 is 1.76 bits per heavy atom. The van der Waals surface area contributed by atoms with Crippen LogP contribution in [0.25, 0.3) is 5.69 Å². The first-order chi connectivity index (χ1) is 22.0. The molecule has 0 spiro atoms. The van der Waals surface area contributed by atoms with Crippen molar-refractivity contribution in [2.75, 3.05) is 50.8 Å². The van der Waals surface area contributed by atoms with E-state index in [1.54, 1.807) is 13.8 Å². The number of anilines is 2. The number of pyridine rings is 1. The average Bonchev–Trinajstić information content (AvgIpc) is 3.01. The summed E-state index contributed by atoms with van der Waals surface area (Å²) in [5.41, 5.74) is 4.54. The van der Waals surface area contributed by atoms with Gasteiger partial charge in [-0.15, -0.1) is 0 Å². The van der Waals surface area contributed by atoms with Crippen molar-refractivity contribution < 1.29 is 18.3 Å². The zero-order valence-electron chi connectivity index (χ0n) is 25.6. The van der Waals surface area contributed by atoms with Crippen molar-refractivity contribution in [3.05, 3.63) is 105 Å². The third-order valence-electron chi connectivity index (χ3n) is 7.46. The number of piperazine rings is 1. The zero-order chi connectivity index (χ0) is 33.0. The maximum Gasteiger partial charge on any atom is 0.335 e. The summed E-state index contributed by atoms with van der Waals surface area (Å²) in [5, 5.41) is 2.50. The lowest BCUT2D eigenvalue weighted by Gasteiger charge is -2.30. The van der Waals surface area contributed by atoms with Crippen molar-refractivity contribution in [3.8, 4) is 29.0 Å². The zero-order valence-corrected chi connectivity index (χ0v) is 25.6. The number of nitrogen functional groups attached to an aromatic ring is 1. The van der Waals surface area contributed by atoms with Crippen LogP contribution in [-0.4, -0.2) is 69.6 Å². The van der Waals surface area contributed by atoms with Gasteiger partial charge in [0.15, 0.2) is 11.6 Å². The van der Waals surface area contributed by atoms with Gasteiger partial charge in [-0.05, 0) is 57.3 Å². The van der Waals surface area contributed by atoms with E-state index in [-0.39, 0.29) is 34.3 Å². The number of hydrogen-bond donors (Lipinski definition) is 2. The summed E-state index contributed by atoms with van der Waals surface area (Å²) in [5.74, 6) is 4.07. The first-order valence-corrected chi connectivity index (χ1v) is 14.6. The molecule has 3 heterocycles. The van der Waals surface area contributed by atoms with Gasteiger partial charge in [0.1, 0.15) is 28.5 Å². The number of nitrogens with two attached hydrogens (primary N) is 1. The van der Waals surface area contributed by atoms with E-state index in [0.717, 1.165) is 55.1 Å².